The van der Waals surface area contributed by atoms with Gasteiger partial charge in [0, 0.05) is 12.4 Å². The molecule has 132 valence electrons. The van der Waals surface area contributed by atoms with Crippen molar-refractivity contribution in [2.24, 2.45) is 0 Å². The van der Waals surface area contributed by atoms with Crippen molar-refractivity contribution in [1.82, 2.24) is 14.5 Å². The van der Waals surface area contributed by atoms with Gasteiger partial charge in [-0.15, -0.1) is 11.3 Å². The van der Waals surface area contributed by atoms with Gasteiger partial charge >= 0.3 is 0 Å². The molecular weight excluding hydrogens is 356 g/mol. The lowest BCUT2D eigenvalue weighted by Crippen LogP contribution is -2.12. The first kappa shape index (κ1) is 16.8. The van der Waals surface area contributed by atoms with Crippen molar-refractivity contribution in [3.05, 3.63) is 83.4 Å². The van der Waals surface area contributed by atoms with Gasteiger partial charge in [-0.2, -0.15) is 0 Å². The Morgan fingerprint density at radius 2 is 2.00 bits per heavy atom. The first-order valence-electron chi connectivity index (χ1n) is 8.06. The van der Waals surface area contributed by atoms with Crippen LogP contribution in [0, 0.1) is 11.6 Å². The van der Waals surface area contributed by atoms with Crippen LogP contribution in [-0.4, -0.2) is 14.5 Å². The summed E-state index contributed by atoms with van der Waals surface area (Å²) in [4.78, 5) is 8.56. The second-order valence-electron chi connectivity index (χ2n) is 5.81. The van der Waals surface area contributed by atoms with E-state index in [0.29, 0.717) is 12.1 Å². The Bertz CT molecular complexity index is 984. The van der Waals surface area contributed by atoms with E-state index in [4.69, 9.17) is 4.74 Å². The number of fused-ring (bicyclic) bond motifs is 1. The average Bonchev–Trinajstić information content (AvgIpc) is 3.30. The van der Waals surface area contributed by atoms with Gasteiger partial charge < -0.3 is 9.30 Å². The predicted octanol–water partition coefficient (Wildman–Crippen LogP) is 4.73. The van der Waals surface area contributed by atoms with Gasteiger partial charge in [-0.05, 0) is 29.8 Å². The van der Waals surface area contributed by atoms with Gasteiger partial charge in [0.05, 0.1) is 29.7 Å². The van der Waals surface area contributed by atoms with Crippen LogP contribution < -0.4 is 0 Å². The molecule has 0 saturated carbocycles. The highest BCUT2D eigenvalue weighted by atomic mass is 32.1. The predicted molar refractivity (Wildman–Crippen MR) is 95.7 cm³/mol. The topological polar surface area (TPSA) is 39.9 Å². The molecule has 4 rings (SSSR count). The number of rotatable bonds is 6. The van der Waals surface area contributed by atoms with Crippen molar-refractivity contribution in [2.45, 2.75) is 19.3 Å². The number of thiazole rings is 1. The Hall–Kier alpha value is -2.64. The van der Waals surface area contributed by atoms with E-state index >= 15 is 0 Å². The third-order valence-electron chi connectivity index (χ3n) is 4.00. The summed E-state index contributed by atoms with van der Waals surface area (Å²) in [7, 11) is 0. The third kappa shape index (κ3) is 3.63. The highest BCUT2D eigenvalue weighted by Crippen LogP contribution is 2.26. The number of para-hydroxylation sites is 1. The summed E-state index contributed by atoms with van der Waals surface area (Å²) in [6.07, 6.45) is 4.67. The quantitative estimate of drug-likeness (QED) is 0.492. The number of benzene rings is 2. The highest BCUT2D eigenvalue weighted by molar-refractivity contribution is 7.18. The van der Waals surface area contributed by atoms with E-state index in [1.54, 1.807) is 36.1 Å². The van der Waals surface area contributed by atoms with Gasteiger partial charge in [0.15, 0.2) is 11.6 Å². The lowest BCUT2D eigenvalue weighted by molar-refractivity contribution is 0.0277. The summed E-state index contributed by atoms with van der Waals surface area (Å²) in [5, 5.41) is 0.837. The molecule has 26 heavy (non-hydrogen) atoms. The van der Waals surface area contributed by atoms with Crippen LogP contribution in [0.1, 0.15) is 16.7 Å². The maximum absolute atomic E-state index is 13.7. The molecule has 0 fully saturated rings. The molecule has 0 radical (unpaired) electrons. The third-order valence-corrected chi connectivity index (χ3v) is 5.01. The lowest BCUT2D eigenvalue weighted by atomic mass is 10.1. The van der Waals surface area contributed by atoms with E-state index in [1.165, 1.54) is 6.07 Å². The van der Waals surface area contributed by atoms with Crippen LogP contribution in [0.15, 0.2) is 61.2 Å². The van der Waals surface area contributed by atoms with Gasteiger partial charge in [0.25, 0.3) is 0 Å². The average molecular weight is 371 g/mol. The van der Waals surface area contributed by atoms with Gasteiger partial charge in [-0.25, -0.2) is 18.7 Å². The van der Waals surface area contributed by atoms with E-state index in [-0.39, 0.29) is 6.61 Å². The minimum atomic E-state index is -0.887. The summed E-state index contributed by atoms with van der Waals surface area (Å²) in [6.45, 7) is 0.730. The fourth-order valence-electron chi connectivity index (χ4n) is 2.71. The molecule has 1 unspecified atom stereocenters. The first-order chi connectivity index (χ1) is 12.7. The molecule has 0 aliphatic carbocycles. The molecule has 0 aliphatic rings. The van der Waals surface area contributed by atoms with Gasteiger partial charge in [-0.3, -0.25) is 0 Å². The largest absolute Gasteiger partial charge is 0.364 e. The minimum absolute atomic E-state index is 0.289. The second-order valence-corrected chi connectivity index (χ2v) is 6.92. The van der Waals surface area contributed by atoms with Crippen LogP contribution in [-0.2, 0) is 17.9 Å². The molecule has 2 aromatic heterocycles. The van der Waals surface area contributed by atoms with Crippen molar-refractivity contribution in [1.29, 1.82) is 0 Å². The number of hydrogen-bond acceptors (Lipinski definition) is 4. The Morgan fingerprint density at radius 1 is 1.12 bits per heavy atom. The fourth-order valence-corrected chi connectivity index (χ4v) is 3.60. The van der Waals surface area contributed by atoms with Crippen LogP contribution in [0.5, 0.6) is 0 Å². The molecule has 2 aromatic carbocycles. The summed E-state index contributed by atoms with van der Waals surface area (Å²) in [5.41, 5.74) is 1.49. The molecule has 0 aliphatic heterocycles. The molecule has 0 N–H and O–H groups in total. The lowest BCUT2D eigenvalue weighted by Gasteiger charge is -2.18. The normalized spacial score (nSPS) is 12.5. The first-order valence-corrected chi connectivity index (χ1v) is 8.87. The SMILES string of the molecule is Fc1ccc(C(Cn2ccnc2)OCc2nc3ccccc3s2)cc1F. The maximum Gasteiger partial charge on any atom is 0.159 e. The second kappa shape index (κ2) is 7.31. The zero-order valence-electron chi connectivity index (χ0n) is 13.7. The monoisotopic (exact) mass is 371 g/mol. The fraction of sp³-hybridized carbons (Fsp3) is 0.158. The number of hydrogen-bond donors (Lipinski definition) is 0. The van der Waals surface area contributed by atoms with Crippen molar-refractivity contribution in [2.75, 3.05) is 0 Å². The highest BCUT2D eigenvalue weighted by Gasteiger charge is 2.16. The summed E-state index contributed by atoms with van der Waals surface area (Å²) < 4.78 is 35.9. The summed E-state index contributed by atoms with van der Waals surface area (Å²) >= 11 is 1.56. The van der Waals surface area contributed by atoms with Crippen LogP contribution in [0.2, 0.25) is 0 Å². The Kier molecular flexibility index (Phi) is 4.73. The smallest absolute Gasteiger partial charge is 0.159 e. The molecule has 0 spiro atoms. The van der Waals surface area contributed by atoms with E-state index in [9.17, 15) is 8.78 Å². The van der Waals surface area contributed by atoms with Crippen molar-refractivity contribution < 1.29 is 13.5 Å². The summed E-state index contributed by atoms with van der Waals surface area (Å²) in [6, 6.07) is 11.7. The number of halogens is 2. The van der Waals surface area contributed by atoms with Gasteiger partial charge in [0.2, 0.25) is 0 Å². The Balaban J connectivity index is 1.56. The van der Waals surface area contributed by atoms with Gasteiger partial charge in [0.1, 0.15) is 11.1 Å². The molecule has 4 nitrogen and oxygen atoms in total. The standard InChI is InChI=1S/C19H15F2N3OS/c20-14-6-5-13(9-15(14)21)17(10-24-8-7-22-12-24)25-11-19-23-16-3-1-2-4-18(16)26-19/h1-9,12,17H,10-11H2. The number of aromatic nitrogens is 3. The molecule has 7 heteroatoms. The summed E-state index contributed by atoms with van der Waals surface area (Å²) in [5.74, 6) is -1.76. The zero-order chi connectivity index (χ0) is 17.9. The maximum atomic E-state index is 13.7. The van der Waals surface area contributed by atoms with Crippen molar-refractivity contribution >= 4 is 21.6 Å². The minimum Gasteiger partial charge on any atom is -0.364 e. The van der Waals surface area contributed by atoms with Crippen molar-refractivity contribution in [3.63, 3.8) is 0 Å². The molecule has 0 amide bonds. The van der Waals surface area contributed by atoms with E-state index in [1.807, 2.05) is 28.8 Å². The number of ether oxygens (including phenoxy) is 1. The molecule has 0 saturated heterocycles. The van der Waals surface area contributed by atoms with Crippen LogP contribution in [0.25, 0.3) is 10.2 Å². The number of imidazole rings is 1. The van der Waals surface area contributed by atoms with Gasteiger partial charge in [-0.1, -0.05) is 18.2 Å². The van der Waals surface area contributed by atoms with Crippen LogP contribution in [0.3, 0.4) is 0 Å². The Morgan fingerprint density at radius 3 is 2.77 bits per heavy atom. The molecule has 2 heterocycles. The zero-order valence-corrected chi connectivity index (χ0v) is 14.5. The van der Waals surface area contributed by atoms with E-state index in [2.05, 4.69) is 9.97 Å². The molecular formula is C19H15F2N3OS. The van der Waals surface area contributed by atoms with E-state index in [0.717, 1.165) is 21.3 Å². The van der Waals surface area contributed by atoms with Crippen molar-refractivity contribution in [3.8, 4) is 0 Å². The van der Waals surface area contributed by atoms with E-state index < -0.39 is 17.7 Å². The Labute approximate surface area is 152 Å². The molecule has 1 atom stereocenters. The van der Waals surface area contributed by atoms with Crippen LogP contribution in [0.4, 0.5) is 8.78 Å². The molecule has 4 aromatic rings. The molecule has 0 bridgehead atoms. The van der Waals surface area contributed by atoms with Crippen LogP contribution >= 0.6 is 11.3 Å². The number of nitrogens with zero attached hydrogens (tertiary/aromatic N) is 3.